The number of ether oxygens (including phenoxy) is 3. The van der Waals surface area contributed by atoms with Crippen molar-refractivity contribution >= 4 is 17.3 Å². The molecule has 0 amide bonds. The predicted molar refractivity (Wildman–Crippen MR) is 133 cm³/mol. The molecule has 0 saturated carbocycles. The number of carbonyl (C=O) groups excluding carboxylic acids is 1. The quantitative estimate of drug-likeness (QED) is 0.258. The lowest BCUT2D eigenvalue weighted by Gasteiger charge is -2.23. The number of esters is 1. The molecule has 5 nitrogen and oxygen atoms in total. The van der Waals surface area contributed by atoms with Crippen molar-refractivity contribution in [1.29, 1.82) is 0 Å². The average molecular weight is 522 g/mol. The van der Waals surface area contributed by atoms with Crippen molar-refractivity contribution in [3.05, 3.63) is 70.2 Å². The standard InChI is InChI=1S/C27H30F3NO4S/c1-6-22(23-17(3)31-24(36-23)19-11-13-20(14-12-19)27(28,29)30)35-21-10-8-9-18(15-21)16-34-26(4,5)25(32)33-7-2/h8-15,22H,6-7,16H2,1-5H3. The highest BCUT2D eigenvalue weighted by atomic mass is 32.1. The van der Waals surface area contributed by atoms with Gasteiger partial charge in [-0.15, -0.1) is 11.3 Å². The molecule has 1 aromatic heterocycles. The SMILES string of the molecule is CCOC(=O)C(C)(C)OCc1cccc(OC(CC)c2sc(-c3ccc(C(F)(F)F)cc3)nc2C)c1. The minimum absolute atomic E-state index is 0.206. The van der Waals surface area contributed by atoms with Crippen molar-refractivity contribution in [2.75, 3.05) is 6.61 Å². The minimum Gasteiger partial charge on any atom is -0.485 e. The molecule has 0 aliphatic carbocycles. The predicted octanol–water partition coefficient (Wildman–Crippen LogP) is 7.53. The highest BCUT2D eigenvalue weighted by Gasteiger charge is 2.31. The van der Waals surface area contributed by atoms with E-state index in [4.69, 9.17) is 14.2 Å². The molecule has 0 bridgehead atoms. The normalized spacial score (nSPS) is 12.9. The molecule has 0 fully saturated rings. The van der Waals surface area contributed by atoms with Crippen LogP contribution in [0.25, 0.3) is 10.6 Å². The number of alkyl halides is 3. The van der Waals surface area contributed by atoms with Crippen LogP contribution in [-0.4, -0.2) is 23.2 Å². The Kier molecular flexibility index (Phi) is 8.79. The summed E-state index contributed by atoms with van der Waals surface area (Å²) >= 11 is 1.41. The van der Waals surface area contributed by atoms with E-state index in [0.29, 0.717) is 22.7 Å². The first-order valence-electron chi connectivity index (χ1n) is 11.7. The number of aromatic nitrogens is 1. The van der Waals surface area contributed by atoms with Crippen LogP contribution in [0.5, 0.6) is 5.75 Å². The molecule has 2 aromatic carbocycles. The summed E-state index contributed by atoms with van der Waals surface area (Å²) in [4.78, 5) is 17.6. The van der Waals surface area contributed by atoms with Gasteiger partial charge in [-0.05, 0) is 63.9 Å². The molecular formula is C27H30F3NO4S. The molecule has 0 radical (unpaired) electrons. The molecule has 1 atom stereocenters. The zero-order valence-electron chi connectivity index (χ0n) is 20.9. The molecule has 3 rings (SSSR count). The lowest BCUT2D eigenvalue weighted by molar-refractivity contribution is -0.169. The molecule has 1 unspecified atom stereocenters. The Morgan fingerprint density at radius 3 is 2.39 bits per heavy atom. The average Bonchev–Trinajstić information content (AvgIpc) is 3.22. The fourth-order valence-electron chi connectivity index (χ4n) is 3.45. The second-order valence-corrected chi connectivity index (χ2v) is 9.76. The van der Waals surface area contributed by atoms with E-state index >= 15 is 0 Å². The van der Waals surface area contributed by atoms with E-state index in [9.17, 15) is 18.0 Å². The summed E-state index contributed by atoms with van der Waals surface area (Å²) in [6.07, 6.45) is -3.98. The second kappa shape index (κ2) is 11.4. The van der Waals surface area contributed by atoms with E-state index < -0.39 is 23.3 Å². The number of nitrogens with zero attached hydrogens (tertiary/aromatic N) is 1. The van der Waals surface area contributed by atoms with E-state index in [1.807, 2.05) is 38.1 Å². The van der Waals surface area contributed by atoms with Gasteiger partial charge in [-0.1, -0.05) is 31.2 Å². The Bertz CT molecular complexity index is 1170. The molecule has 0 aliphatic rings. The van der Waals surface area contributed by atoms with E-state index in [-0.39, 0.29) is 19.3 Å². The number of hydrogen-bond acceptors (Lipinski definition) is 6. The maximum absolute atomic E-state index is 12.9. The fourth-order valence-corrected chi connectivity index (χ4v) is 4.64. The summed E-state index contributed by atoms with van der Waals surface area (Å²) < 4.78 is 55.8. The van der Waals surface area contributed by atoms with Crippen molar-refractivity contribution in [2.24, 2.45) is 0 Å². The molecule has 0 saturated heterocycles. The fraction of sp³-hybridized carbons (Fsp3) is 0.407. The molecule has 0 aliphatic heterocycles. The number of aryl methyl sites for hydroxylation is 1. The number of hydrogen-bond donors (Lipinski definition) is 0. The molecule has 36 heavy (non-hydrogen) atoms. The summed E-state index contributed by atoms with van der Waals surface area (Å²) in [6, 6.07) is 12.4. The Hall–Kier alpha value is -2.91. The zero-order chi connectivity index (χ0) is 26.5. The van der Waals surface area contributed by atoms with Gasteiger partial charge in [0.25, 0.3) is 0 Å². The van der Waals surface area contributed by atoms with Crippen LogP contribution >= 0.6 is 11.3 Å². The maximum atomic E-state index is 12.9. The minimum atomic E-state index is -4.38. The van der Waals surface area contributed by atoms with Crippen molar-refractivity contribution < 1.29 is 32.2 Å². The van der Waals surface area contributed by atoms with E-state index in [1.165, 1.54) is 23.5 Å². The van der Waals surface area contributed by atoms with Gasteiger partial charge in [0.2, 0.25) is 0 Å². The van der Waals surface area contributed by atoms with Gasteiger partial charge in [-0.25, -0.2) is 9.78 Å². The van der Waals surface area contributed by atoms with Crippen LogP contribution in [0.2, 0.25) is 0 Å². The Labute approximate surface area is 213 Å². The Morgan fingerprint density at radius 1 is 1.08 bits per heavy atom. The largest absolute Gasteiger partial charge is 0.485 e. The molecule has 194 valence electrons. The van der Waals surface area contributed by atoms with Crippen LogP contribution in [0.3, 0.4) is 0 Å². The van der Waals surface area contributed by atoms with Gasteiger partial charge in [0, 0.05) is 5.56 Å². The van der Waals surface area contributed by atoms with Gasteiger partial charge in [-0.2, -0.15) is 13.2 Å². The smallest absolute Gasteiger partial charge is 0.416 e. The summed E-state index contributed by atoms with van der Waals surface area (Å²) in [7, 11) is 0. The number of rotatable bonds is 10. The van der Waals surface area contributed by atoms with Crippen LogP contribution in [-0.2, 0) is 27.1 Å². The van der Waals surface area contributed by atoms with Crippen molar-refractivity contribution in [1.82, 2.24) is 4.98 Å². The summed E-state index contributed by atoms with van der Waals surface area (Å²) in [5.74, 6) is 0.216. The molecule has 1 heterocycles. The van der Waals surface area contributed by atoms with Gasteiger partial charge in [0.1, 0.15) is 16.9 Å². The van der Waals surface area contributed by atoms with Crippen molar-refractivity contribution in [3.8, 4) is 16.3 Å². The van der Waals surface area contributed by atoms with Crippen LogP contribution in [0, 0.1) is 6.92 Å². The lowest BCUT2D eigenvalue weighted by Crippen LogP contribution is -2.36. The first-order chi connectivity index (χ1) is 16.9. The van der Waals surface area contributed by atoms with Gasteiger partial charge in [-0.3, -0.25) is 0 Å². The topological polar surface area (TPSA) is 57.7 Å². The second-order valence-electron chi connectivity index (χ2n) is 8.73. The summed E-state index contributed by atoms with van der Waals surface area (Å²) in [6.45, 7) is 9.43. The number of benzene rings is 2. The molecular weight excluding hydrogens is 491 g/mol. The first kappa shape index (κ1) is 27.7. The van der Waals surface area contributed by atoms with Crippen LogP contribution in [0.1, 0.15) is 61.9 Å². The van der Waals surface area contributed by atoms with Crippen molar-refractivity contribution in [3.63, 3.8) is 0 Å². The Morgan fingerprint density at radius 2 is 1.78 bits per heavy atom. The van der Waals surface area contributed by atoms with Gasteiger partial charge < -0.3 is 14.2 Å². The van der Waals surface area contributed by atoms with Gasteiger partial charge in [0.15, 0.2) is 5.60 Å². The Balaban J connectivity index is 1.73. The van der Waals surface area contributed by atoms with E-state index in [1.54, 1.807) is 20.8 Å². The third-order valence-electron chi connectivity index (χ3n) is 5.50. The van der Waals surface area contributed by atoms with Crippen LogP contribution in [0.4, 0.5) is 13.2 Å². The molecule has 3 aromatic rings. The third kappa shape index (κ3) is 6.85. The summed E-state index contributed by atoms with van der Waals surface area (Å²) in [5.41, 5.74) is 0.473. The van der Waals surface area contributed by atoms with Crippen LogP contribution in [0.15, 0.2) is 48.5 Å². The van der Waals surface area contributed by atoms with Gasteiger partial charge in [0.05, 0.1) is 29.3 Å². The van der Waals surface area contributed by atoms with Crippen molar-refractivity contribution in [2.45, 2.75) is 65.5 Å². The lowest BCUT2D eigenvalue weighted by atomic mass is 10.1. The van der Waals surface area contributed by atoms with E-state index in [0.717, 1.165) is 28.3 Å². The number of carbonyl (C=O) groups is 1. The summed E-state index contributed by atoms with van der Waals surface area (Å²) in [5, 5.41) is 0.640. The number of halogens is 3. The molecule has 9 heteroatoms. The zero-order valence-corrected chi connectivity index (χ0v) is 21.8. The third-order valence-corrected chi connectivity index (χ3v) is 6.80. The molecule has 0 spiro atoms. The number of thiazole rings is 1. The monoisotopic (exact) mass is 521 g/mol. The molecule has 0 N–H and O–H groups in total. The van der Waals surface area contributed by atoms with E-state index in [2.05, 4.69) is 4.98 Å². The highest BCUT2D eigenvalue weighted by molar-refractivity contribution is 7.15. The first-order valence-corrected chi connectivity index (χ1v) is 12.5. The van der Waals surface area contributed by atoms with Crippen LogP contribution < -0.4 is 4.74 Å². The highest BCUT2D eigenvalue weighted by Crippen LogP contribution is 2.37. The van der Waals surface area contributed by atoms with Gasteiger partial charge >= 0.3 is 12.1 Å². The maximum Gasteiger partial charge on any atom is 0.416 e.